The van der Waals surface area contributed by atoms with Gasteiger partial charge >= 0.3 is 12.2 Å². The van der Waals surface area contributed by atoms with Gasteiger partial charge < -0.3 is 29.6 Å². The molecule has 0 aliphatic heterocycles. The Morgan fingerprint density at radius 3 is 1.95 bits per heavy atom. The average molecular weight is 525 g/mol. The molecule has 212 valence electrons. The van der Waals surface area contributed by atoms with Gasteiger partial charge in [0, 0.05) is 25.2 Å². The van der Waals surface area contributed by atoms with Gasteiger partial charge in [0.15, 0.2) is 0 Å². The smallest absolute Gasteiger partial charge is 0.407 e. The van der Waals surface area contributed by atoms with E-state index in [4.69, 9.17) is 18.9 Å². The standard InChI is InChI=1S/C19H27NO5.C6H13NO2.C3H8/c1-14(9-11-21)16-8-7-15(13-17(16)23-5)24-12-6-10-20-18(22)25-19(2,3)4;1-6(2,3)9-5(8)7-4;1-3-2/h7-9,11,13H,6,10,12H2,1-5H3,(H,20,22);1-4H3,(H,7,8);3H2,1-2H3/b14-9-;;. The molecule has 0 aliphatic rings. The Hall–Kier alpha value is -3.23. The molecular weight excluding hydrogens is 476 g/mol. The first-order valence-electron chi connectivity index (χ1n) is 12.4. The molecule has 2 amide bonds. The van der Waals surface area contributed by atoms with Crippen LogP contribution >= 0.6 is 0 Å². The Balaban J connectivity index is 0. The van der Waals surface area contributed by atoms with Gasteiger partial charge in [0.1, 0.15) is 29.0 Å². The Kier molecular flexibility index (Phi) is 18.4. The number of benzene rings is 1. The number of rotatable bonds is 8. The van der Waals surface area contributed by atoms with Crippen LogP contribution in [0.25, 0.3) is 5.57 Å². The summed E-state index contributed by atoms with van der Waals surface area (Å²) < 4.78 is 21.0. The van der Waals surface area contributed by atoms with E-state index in [1.807, 2.05) is 60.6 Å². The van der Waals surface area contributed by atoms with Crippen molar-refractivity contribution in [3.8, 4) is 11.5 Å². The molecule has 1 aromatic carbocycles. The van der Waals surface area contributed by atoms with E-state index < -0.39 is 11.7 Å². The fourth-order valence-electron chi connectivity index (χ4n) is 2.37. The third kappa shape index (κ3) is 20.6. The predicted molar refractivity (Wildman–Crippen MR) is 148 cm³/mol. The van der Waals surface area contributed by atoms with E-state index in [0.717, 1.165) is 17.4 Å². The maximum absolute atomic E-state index is 11.5. The Labute approximate surface area is 223 Å². The minimum atomic E-state index is -0.505. The van der Waals surface area contributed by atoms with Gasteiger partial charge in [-0.15, -0.1) is 0 Å². The first-order chi connectivity index (χ1) is 17.1. The number of allylic oxidation sites excluding steroid dienone is 2. The lowest BCUT2D eigenvalue weighted by molar-refractivity contribution is -0.104. The van der Waals surface area contributed by atoms with Gasteiger partial charge in [-0.05, 0) is 78.7 Å². The second-order valence-corrected chi connectivity index (χ2v) is 9.94. The van der Waals surface area contributed by atoms with Crippen molar-refractivity contribution >= 4 is 24.0 Å². The second kappa shape index (κ2) is 19.0. The zero-order chi connectivity index (χ0) is 29.1. The molecule has 0 saturated heterocycles. The molecule has 9 nitrogen and oxygen atoms in total. The van der Waals surface area contributed by atoms with Crippen molar-refractivity contribution < 1.29 is 33.3 Å². The number of methoxy groups -OCH3 is 1. The number of ether oxygens (including phenoxy) is 4. The zero-order valence-electron chi connectivity index (χ0n) is 24.6. The topological polar surface area (TPSA) is 112 Å². The van der Waals surface area contributed by atoms with Gasteiger partial charge in [0.25, 0.3) is 0 Å². The summed E-state index contributed by atoms with van der Waals surface area (Å²) in [5.74, 6) is 1.30. The summed E-state index contributed by atoms with van der Waals surface area (Å²) >= 11 is 0. The number of hydrogen-bond acceptors (Lipinski definition) is 7. The van der Waals surface area contributed by atoms with E-state index in [1.165, 1.54) is 19.5 Å². The molecule has 9 heteroatoms. The first kappa shape index (κ1) is 35.9. The lowest BCUT2D eigenvalue weighted by Crippen LogP contribution is -2.33. The van der Waals surface area contributed by atoms with Crippen LogP contribution in [0.4, 0.5) is 9.59 Å². The monoisotopic (exact) mass is 524 g/mol. The molecule has 0 fully saturated rings. The largest absolute Gasteiger partial charge is 0.496 e. The number of carbonyl (C=O) groups excluding carboxylic acids is 3. The molecule has 2 N–H and O–H groups in total. The third-order valence-corrected chi connectivity index (χ3v) is 3.78. The molecule has 1 rings (SSSR count). The van der Waals surface area contributed by atoms with E-state index in [-0.39, 0.29) is 11.7 Å². The van der Waals surface area contributed by atoms with Crippen LogP contribution in [-0.2, 0) is 14.3 Å². The van der Waals surface area contributed by atoms with E-state index in [1.54, 1.807) is 13.2 Å². The van der Waals surface area contributed by atoms with Crippen LogP contribution in [0, 0.1) is 0 Å². The Morgan fingerprint density at radius 2 is 1.51 bits per heavy atom. The van der Waals surface area contributed by atoms with Crippen molar-refractivity contribution in [2.45, 2.75) is 86.4 Å². The molecule has 0 heterocycles. The molecule has 0 atom stereocenters. The Morgan fingerprint density at radius 1 is 0.973 bits per heavy atom. The molecule has 0 unspecified atom stereocenters. The van der Waals surface area contributed by atoms with E-state index in [0.29, 0.717) is 31.1 Å². The molecule has 0 saturated carbocycles. The van der Waals surface area contributed by atoms with Crippen molar-refractivity contribution in [2.24, 2.45) is 0 Å². The molecule has 0 spiro atoms. The van der Waals surface area contributed by atoms with Crippen LogP contribution in [0.2, 0.25) is 0 Å². The molecular formula is C28H48N2O7. The fourth-order valence-corrected chi connectivity index (χ4v) is 2.37. The molecule has 0 radical (unpaired) electrons. The minimum Gasteiger partial charge on any atom is -0.496 e. The predicted octanol–water partition coefficient (Wildman–Crippen LogP) is 6.15. The summed E-state index contributed by atoms with van der Waals surface area (Å²) in [4.78, 5) is 32.6. The van der Waals surface area contributed by atoms with Gasteiger partial charge in [-0.2, -0.15) is 0 Å². The first-order valence-corrected chi connectivity index (χ1v) is 12.4. The highest BCUT2D eigenvalue weighted by Crippen LogP contribution is 2.29. The van der Waals surface area contributed by atoms with Gasteiger partial charge in [0.2, 0.25) is 0 Å². The summed E-state index contributed by atoms with van der Waals surface area (Å²) in [5.41, 5.74) is 0.767. The quantitative estimate of drug-likeness (QED) is 0.238. The average Bonchev–Trinajstić information content (AvgIpc) is 2.77. The maximum atomic E-state index is 11.5. The van der Waals surface area contributed by atoms with Gasteiger partial charge in [0.05, 0.1) is 13.7 Å². The lowest BCUT2D eigenvalue weighted by atomic mass is 10.1. The van der Waals surface area contributed by atoms with Crippen molar-refractivity contribution in [3.63, 3.8) is 0 Å². The number of hydrogen-bond donors (Lipinski definition) is 2. The normalized spacial score (nSPS) is 10.9. The summed E-state index contributed by atoms with van der Waals surface area (Å²) in [6.07, 6.45) is 3.31. The highest BCUT2D eigenvalue weighted by molar-refractivity contribution is 5.82. The van der Waals surface area contributed by atoms with Crippen LogP contribution in [-0.4, -0.2) is 57.0 Å². The summed E-state index contributed by atoms with van der Waals surface area (Å²) in [5, 5.41) is 5.04. The molecule has 0 bridgehead atoms. The van der Waals surface area contributed by atoms with Crippen LogP contribution in [0.15, 0.2) is 24.3 Å². The second-order valence-electron chi connectivity index (χ2n) is 9.94. The Bertz CT molecular complexity index is 838. The summed E-state index contributed by atoms with van der Waals surface area (Å²) in [6.45, 7) is 17.9. The molecule has 0 aromatic heterocycles. The van der Waals surface area contributed by atoms with E-state index in [9.17, 15) is 14.4 Å². The number of aldehydes is 1. The number of alkyl carbamates (subject to hydrolysis) is 2. The summed E-state index contributed by atoms with van der Waals surface area (Å²) in [7, 11) is 3.11. The molecule has 0 aliphatic carbocycles. The van der Waals surface area contributed by atoms with Gasteiger partial charge in [-0.25, -0.2) is 9.59 Å². The van der Waals surface area contributed by atoms with E-state index >= 15 is 0 Å². The molecule has 1 aromatic rings. The minimum absolute atomic E-state index is 0.387. The SMILES string of the molecule is CCC.CNC(=O)OC(C)(C)C.COc1cc(OCCCNC(=O)OC(C)(C)C)ccc1/C(C)=C\C=O. The summed E-state index contributed by atoms with van der Waals surface area (Å²) in [6, 6.07) is 5.45. The van der Waals surface area contributed by atoms with Gasteiger partial charge in [-0.3, -0.25) is 4.79 Å². The fraction of sp³-hybridized carbons (Fsp3) is 0.607. The van der Waals surface area contributed by atoms with Crippen molar-refractivity contribution in [3.05, 3.63) is 29.8 Å². The maximum Gasteiger partial charge on any atom is 0.407 e. The van der Waals surface area contributed by atoms with Crippen molar-refractivity contribution in [1.82, 2.24) is 10.6 Å². The number of amides is 2. The van der Waals surface area contributed by atoms with Gasteiger partial charge in [-0.1, -0.05) is 20.3 Å². The van der Waals surface area contributed by atoms with Crippen molar-refractivity contribution in [2.75, 3.05) is 27.3 Å². The number of carbonyl (C=O) groups is 3. The lowest BCUT2D eigenvalue weighted by Gasteiger charge is -2.19. The van der Waals surface area contributed by atoms with Crippen LogP contribution < -0.4 is 20.1 Å². The van der Waals surface area contributed by atoms with Crippen LogP contribution in [0.3, 0.4) is 0 Å². The van der Waals surface area contributed by atoms with E-state index in [2.05, 4.69) is 24.5 Å². The zero-order valence-corrected chi connectivity index (χ0v) is 24.6. The van der Waals surface area contributed by atoms with Crippen LogP contribution in [0.1, 0.15) is 80.7 Å². The van der Waals surface area contributed by atoms with Crippen molar-refractivity contribution in [1.29, 1.82) is 0 Å². The third-order valence-electron chi connectivity index (χ3n) is 3.78. The highest BCUT2D eigenvalue weighted by atomic mass is 16.6. The highest BCUT2D eigenvalue weighted by Gasteiger charge is 2.15. The number of nitrogens with one attached hydrogen (secondary N) is 2. The molecule has 37 heavy (non-hydrogen) atoms. The van der Waals surface area contributed by atoms with Crippen LogP contribution in [0.5, 0.6) is 11.5 Å².